The lowest BCUT2D eigenvalue weighted by atomic mass is 9.98. The minimum Gasteiger partial charge on any atom is -0.376 e. The number of hydrogen-bond acceptors (Lipinski definition) is 3. The molecule has 1 aromatic carbocycles. The molecule has 0 bridgehead atoms. The monoisotopic (exact) mass is 277 g/mol. The van der Waals surface area contributed by atoms with E-state index in [0.29, 0.717) is 30.7 Å². The van der Waals surface area contributed by atoms with Crippen molar-refractivity contribution in [2.24, 2.45) is 0 Å². The minimum atomic E-state index is -0.291. The highest BCUT2D eigenvalue weighted by Crippen LogP contribution is 2.21. The maximum atomic E-state index is 13.2. The van der Waals surface area contributed by atoms with E-state index in [9.17, 15) is 4.39 Å². The van der Waals surface area contributed by atoms with Crippen molar-refractivity contribution in [2.45, 2.75) is 44.8 Å². The van der Waals surface area contributed by atoms with Crippen LogP contribution in [0.2, 0.25) is 0 Å². The summed E-state index contributed by atoms with van der Waals surface area (Å²) in [5.74, 6) is 0.124. The number of nitrogens with two attached hydrogens (primary N) is 1. The summed E-state index contributed by atoms with van der Waals surface area (Å²) >= 11 is 0. The van der Waals surface area contributed by atoms with Crippen LogP contribution in [0.15, 0.2) is 18.2 Å². The van der Waals surface area contributed by atoms with E-state index >= 15 is 0 Å². The molecule has 3 rings (SSSR count). The number of anilines is 1. The van der Waals surface area contributed by atoms with Crippen molar-refractivity contribution in [3.8, 4) is 0 Å². The van der Waals surface area contributed by atoms with Gasteiger partial charge in [-0.3, -0.25) is 0 Å². The van der Waals surface area contributed by atoms with Gasteiger partial charge in [-0.25, -0.2) is 9.37 Å². The summed E-state index contributed by atoms with van der Waals surface area (Å²) in [4.78, 5) is 4.18. The molecule has 1 saturated carbocycles. The van der Waals surface area contributed by atoms with Crippen LogP contribution in [0.25, 0.3) is 11.0 Å². The topological polar surface area (TPSA) is 53.1 Å². The minimum absolute atomic E-state index is 0.291. The zero-order valence-corrected chi connectivity index (χ0v) is 11.5. The maximum Gasteiger partial charge on any atom is 0.201 e. The molecule has 0 unspecified atom stereocenters. The Labute approximate surface area is 117 Å². The molecule has 1 aliphatic rings. The molecule has 0 radical (unpaired) electrons. The van der Waals surface area contributed by atoms with Crippen molar-refractivity contribution in [1.82, 2.24) is 9.55 Å². The number of halogens is 1. The highest BCUT2D eigenvalue weighted by molar-refractivity contribution is 5.78. The molecule has 0 spiro atoms. The molecule has 0 saturated heterocycles. The summed E-state index contributed by atoms with van der Waals surface area (Å²) < 4.78 is 20.9. The Bertz CT molecular complexity index is 590. The number of benzene rings is 1. The third-order valence-electron chi connectivity index (χ3n) is 3.96. The van der Waals surface area contributed by atoms with E-state index in [0.717, 1.165) is 18.4 Å². The molecule has 0 aliphatic heterocycles. The molecule has 2 aromatic rings. The SMILES string of the molecule is Nc1nc2cc(F)ccc2n1CCOC1CCCCC1. The van der Waals surface area contributed by atoms with Crippen molar-refractivity contribution in [3.63, 3.8) is 0 Å². The normalized spacial score (nSPS) is 16.9. The highest BCUT2D eigenvalue weighted by atomic mass is 19.1. The van der Waals surface area contributed by atoms with E-state index in [1.54, 1.807) is 6.07 Å². The Morgan fingerprint density at radius 2 is 2.10 bits per heavy atom. The van der Waals surface area contributed by atoms with Crippen molar-refractivity contribution in [3.05, 3.63) is 24.0 Å². The van der Waals surface area contributed by atoms with Crippen molar-refractivity contribution in [2.75, 3.05) is 12.3 Å². The standard InChI is InChI=1S/C15H20FN3O/c16-11-6-7-14-13(10-11)18-15(17)19(14)8-9-20-12-4-2-1-3-5-12/h6-7,10,12H,1-5,8-9H2,(H2,17,18). The van der Waals surface area contributed by atoms with Gasteiger partial charge in [0.05, 0.1) is 23.7 Å². The molecule has 0 amide bonds. The Balaban J connectivity index is 1.66. The fourth-order valence-corrected chi connectivity index (χ4v) is 2.90. The summed E-state index contributed by atoms with van der Waals surface area (Å²) in [5, 5.41) is 0. The zero-order valence-electron chi connectivity index (χ0n) is 11.5. The molecule has 1 aromatic heterocycles. The Hall–Kier alpha value is -1.62. The van der Waals surface area contributed by atoms with Crippen molar-refractivity contribution in [1.29, 1.82) is 0 Å². The number of rotatable bonds is 4. The molecule has 0 atom stereocenters. The Morgan fingerprint density at radius 1 is 1.30 bits per heavy atom. The van der Waals surface area contributed by atoms with Crippen LogP contribution >= 0.6 is 0 Å². The van der Waals surface area contributed by atoms with E-state index in [1.165, 1.54) is 31.4 Å². The first-order valence-corrected chi connectivity index (χ1v) is 7.27. The van der Waals surface area contributed by atoms with Crippen LogP contribution in [0.3, 0.4) is 0 Å². The zero-order chi connectivity index (χ0) is 13.9. The largest absolute Gasteiger partial charge is 0.376 e. The van der Waals surface area contributed by atoms with Gasteiger partial charge in [0.25, 0.3) is 0 Å². The number of nitrogens with zero attached hydrogens (tertiary/aromatic N) is 2. The van der Waals surface area contributed by atoms with E-state index in [1.807, 2.05) is 4.57 Å². The smallest absolute Gasteiger partial charge is 0.201 e. The number of hydrogen-bond donors (Lipinski definition) is 1. The van der Waals surface area contributed by atoms with Gasteiger partial charge in [0, 0.05) is 12.6 Å². The molecule has 20 heavy (non-hydrogen) atoms. The first-order valence-electron chi connectivity index (χ1n) is 7.27. The van der Waals surface area contributed by atoms with Crippen LogP contribution in [0, 0.1) is 5.82 Å². The van der Waals surface area contributed by atoms with Gasteiger partial charge in [-0.15, -0.1) is 0 Å². The molecular formula is C15H20FN3O. The second-order valence-electron chi connectivity index (χ2n) is 5.39. The summed E-state index contributed by atoms with van der Waals surface area (Å²) in [6.45, 7) is 1.28. The van der Waals surface area contributed by atoms with Crippen LogP contribution in [-0.2, 0) is 11.3 Å². The van der Waals surface area contributed by atoms with Gasteiger partial charge in [-0.05, 0) is 25.0 Å². The summed E-state index contributed by atoms with van der Waals surface area (Å²) in [6.07, 6.45) is 6.55. The van der Waals surface area contributed by atoms with Gasteiger partial charge >= 0.3 is 0 Å². The van der Waals surface area contributed by atoms with Crippen molar-refractivity contribution >= 4 is 17.0 Å². The van der Waals surface area contributed by atoms with Gasteiger partial charge in [0.15, 0.2) is 0 Å². The fraction of sp³-hybridized carbons (Fsp3) is 0.533. The van der Waals surface area contributed by atoms with Crippen LogP contribution in [0.1, 0.15) is 32.1 Å². The lowest BCUT2D eigenvalue weighted by molar-refractivity contribution is 0.0246. The molecular weight excluding hydrogens is 257 g/mol. The summed E-state index contributed by atoms with van der Waals surface area (Å²) in [5.41, 5.74) is 7.35. The average molecular weight is 277 g/mol. The van der Waals surface area contributed by atoms with Crippen LogP contribution in [0.5, 0.6) is 0 Å². The lowest BCUT2D eigenvalue weighted by Gasteiger charge is -2.22. The van der Waals surface area contributed by atoms with Crippen LogP contribution in [-0.4, -0.2) is 22.3 Å². The number of ether oxygens (including phenoxy) is 1. The average Bonchev–Trinajstić information content (AvgIpc) is 2.75. The van der Waals surface area contributed by atoms with Crippen LogP contribution in [0.4, 0.5) is 10.3 Å². The molecule has 1 aliphatic carbocycles. The van der Waals surface area contributed by atoms with Gasteiger partial charge in [-0.2, -0.15) is 0 Å². The number of fused-ring (bicyclic) bond motifs is 1. The molecule has 108 valence electrons. The highest BCUT2D eigenvalue weighted by Gasteiger charge is 2.14. The summed E-state index contributed by atoms with van der Waals surface area (Å²) in [7, 11) is 0. The lowest BCUT2D eigenvalue weighted by Crippen LogP contribution is -2.19. The van der Waals surface area contributed by atoms with E-state index in [-0.39, 0.29) is 5.82 Å². The summed E-state index contributed by atoms with van der Waals surface area (Å²) in [6, 6.07) is 4.56. The fourth-order valence-electron chi connectivity index (χ4n) is 2.90. The van der Waals surface area contributed by atoms with E-state index in [2.05, 4.69) is 4.98 Å². The quantitative estimate of drug-likeness (QED) is 0.934. The Kier molecular flexibility index (Phi) is 3.87. The van der Waals surface area contributed by atoms with E-state index < -0.39 is 0 Å². The molecule has 2 N–H and O–H groups in total. The third kappa shape index (κ3) is 2.77. The second kappa shape index (κ2) is 5.79. The third-order valence-corrected chi connectivity index (χ3v) is 3.96. The van der Waals surface area contributed by atoms with Gasteiger partial charge in [-0.1, -0.05) is 19.3 Å². The second-order valence-corrected chi connectivity index (χ2v) is 5.39. The molecule has 1 heterocycles. The predicted molar refractivity (Wildman–Crippen MR) is 76.9 cm³/mol. The first kappa shape index (κ1) is 13.4. The van der Waals surface area contributed by atoms with Gasteiger partial charge < -0.3 is 15.0 Å². The number of nitrogen functional groups attached to an aromatic ring is 1. The molecule has 4 nitrogen and oxygen atoms in total. The van der Waals surface area contributed by atoms with Crippen molar-refractivity contribution < 1.29 is 9.13 Å². The Morgan fingerprint density at radius 3 is 2.90 bits per heavy atom. The number of imidazole rings is 1. The van der Waals surface area contributed by atoms with Crippen LogP contribution < -0.4 is 5.73 Å². The maximum absolute atomic E-state index is 13.2. The first-order chi connectivity index (χ1) is 9.74. The molecule has 1 fully saturated rings. The predicted octanol–water partition coefficient (Wildman–Crippen LogP) is 3.11. The van der Waals surface area contributed by atoms with Gasteiger partial charge in [0.1, 0.15) is 5.82 Å². The number of aromatic nitrogens is 2. The molecule has 5 heteroatoms. The van der Waals surface area contributed by atoms with E-state index in [4.69, 9.17) is 10.5 Å². The van der Waals surface area contributed by atoms with Gasteiger partial charge in [0.2, 0.25) is 5.95 Å².